The van der Waals surface area contributed by atoms with Crippen molar-refractivity contribution in [1.82, 2.24) is 9.97 Å². The van der Waals surface area contributed by atoms with E-state index in [0.29, 0.717) is 12.1 Å². The van der Waals surface area contributed by atoms with Crippen LogP contribution in [0.2, 0.25) is 0 Å². The lowest BCUT2D eigenvalue weighted by Gasteiger charge is -2.01. The van der Waals surface area contributed by atoms with Gasteiger partial charge in [-0.05, 0) is 37.6 Å². The van der Waals surface area contributed by atoms with Gasteiger partial charge in [-0.25, -0.2) is 9.37 Å². The zero-order chi connectivity index (χ0) is 11.7. The van der Waals surface area contributed by atoms with E-state index in [2.05, 4.69) is 9.97 Å². The molecule has 0 aliphatic heterocycles. The number of H-pyrrole nitrogens is 1. The summed E-state index contributed by atoms with van der Waals surface area (Å²) in [5, 5.41) is 0. The van der Waals surface area contributed by atoms with Crippen LogP contribution in [0.4, 0.5) is 4.39 Å². The highest BCUT2D eigenvalue weighted by Crippen LogP contribution is 2.23. The van der Waals surface area contributed by atoms with Crippen LogP contribution in [-0.2, 0) is 6.54 Å². The predicted molar refractivity (Wildman–Crippen MR) is 61.3 cm³/mol. The van der Waals surface area contributed by atoms with Crippen molar-refractivity contribution in [2.24, 2.45) is 5.73 Å². The lowest BCUT2D eigenvalue weighted by atomic mass is 10.1. The summed E-state index contributed by atoms with van der Waals surface area (Å²) >= 11 is 0. The Kier molecular flexibility index (Phi) is 2.75. The molecule has 0 aliphatic rings. The lowest BCUT2D eigenvalue weighted by Crippen LogP contribution is -1.97. The molecule has 84 valence electrons. The number of nitrogens with two attached hydrogens (primary N) is 1. The Balaban J connectivity index is 2.49. The number of benzene rings is 1. The highest BCUT2D eigenvalue weighted by atomic mass is 19.1. The maximum atomic E-state index is 13.1. The summed E-state index contributed by atoms with van der Waals surface area (Å²) in [6, 6.07) is 4.98. The van der Waals surface area contributed by atoms with Crippen molar-refractivity contribution >= 4 is 0 Å². The fraction of sp³-hybridized carbons (Fsp3) is 0.250. The third-order valence-electron chi connectivity index (χ3n) is 2.56. The number of rotatable bonds is 2. The number of aromatic amines is 1. The topological polar surface area (TPSA) is 54.7 Å². The summed E-state index contributed by atoms with van der Waals surface area (Å²) in [5.74, 6) is 0.547. The van der Waals surface area contributed by atoms with E-state index in [4.69, 9.17) is 5.73 Å². The zero-order valence-electron chi connectivity index (χ0n) is 9.34. The first-order valence-corrected chi connectivity index (χ1v) is 5.14. The van der Waals surface area contributed by atoms with Crippen molar-refractivity contribution in [2.45, 2.75) is 20.4 Å². The Labute approximate surface area is 93.5 Å². The normalized spacial score (nSPS) is 10.8. The molecule has 0 amide bonds. The summed E-state index contributed by atoms with van der Waals surface area (Å²) in [7, 11) is 0. The second kappa shape index (κ2) is 4.06. The molecule has 0 radical (unpaired) electrons. The van der Waals surface area contributed by atoms with E-state index in [-0.39, 0.29) is 5.82 Å². The van der Waals surface area contributed by atoms with Crippen LogP contribution in [0.25, 0.3) is 11.3 Å². The molecule has 0 unspecified atom stereocenters. The monoisotopic (exact) mass is 219 g/mol. The molecule has 3 N–H and O–H groups in total. The molecule has 2 rings (SSSR count). The van der Waals surface area contributed by atoms with Crippen LogP contribution in [0.3, 0.4) is 0 Å². The molecule has 2 aromatic rings. The molecule has 0 spiro atoms. The van der Waals surface area contributed by atoms with E-state index in [1.54, 1.807) is 19.1 Å². The Morgan fingerprint density at radius 1 is 1.38 bits per heavy atom. The number of aromatic nitrogens is 2. The molecule has 4 heteroatoms. The smallest absolute Gasteiger partial charge is 0.126 e. The minimum Gasteiger partial charge on any atom is -0.344 e. The molecule has 1 heterocycles. The van der Waals surface area contributed by atoms with Crippen LogP contribution in [-0.4, -0.2) is 9.97 Å². The van der Waals surface area contributed by atoms with Crippen LogP contribution >= 0.6 is 0 Å². The van der Waals surface area contributed by atoms with Gasteiger partial charge in [-0.2, -0.15) is 0 Å². The van der Waals surface area contributed by atoms with Gasteiger partial charge < -0.3 is 10.7 Å². The van der Waals surface area contributed by atoms with E-state index >= 15 is 0 Å². The van der Waals surface area contributed by atoms with Gasteiger partial charge in [-0.15, -0.1) is 0 Å². The van der Waals surface area contributed by atoms with Gasteiger partial charge in [0, 0.05) is 11.3 Å². The number of hydrogen-bond donors (Lipinski definition) is 2. The molecule has 0 saturated carbocycles. The highest BCUT2D eigenvalue weighted by molar-refractivity contribution is 5.62. The average molecular weight is 219 g/mol. The molecular weight excluding hydrogens is 205 g/mol. The van der Waals surface area contributed by atoms with E-state index < -0.39 is 0 Å². The quantitative estimate of drug-likeness (QED) is 0.814. The minimum atomic E-state index is -0.198. The van der Waals surface area contributed by atoms with E-state index in [1.165, 1.54) is 6.07 Å². The third-order valence-corrected chi connectivity index (χ3v) is 2.56. The number of nitrogens with one attached hydrogen (secondary N) is 1. The van der Waals surface area contributed by atoms with E-state index in [0.717, 1.165) is 22.8 Å². The number of aryl methyl sites for hydroxylation is 2. The van der Waals surface area contributed by atoms with Gasteiger partial charge in [0.05, 0.1) is 12.2 Å². The number of hydrogen-bond acceptors (Lipinski definition) is 2. The molecular formula is C12H14FN3. The van der Waals surface area contributed by atoms with Crippen LogP contribution < -0.4 is 5.73 Å². The Morgan fingerprint density at radius 2 is 2.12 bits per heavy atom. The summed E-state index contributed by atoms with van der Waals surface area (Å²) < 4.78 is 13.1. The minimum absolute atomic E-state index is 0.198. The standard InChI is InChI=1S/C12H14FN3/c1-7-5-9(3-4-10(7)13)12-8(2)15-11(6-14)16-12/h3-5H,6,14H2,1-2H3,(H,15,16). The van der Waals surface area contributed by atoms with Crippen molar-refractivity contribution in [1.29, 1.82) is 0 Å². The SMILES string of the molecule is Cc1cc(-c2nc(CN)[nH]c2C)ccc1F. The first kappa shape index (κ1) is 10.8. The lowest BCUT2D eigenvalue weighted by molar-refractivity contribution is 0.619. The fourth-order valence-corrected chi connectivity index (χ4v) is 1.69. The van der Waals surface area contributed by atoms with Crippen LogP contribution in [0, 0.1) is 19.7 Å². The summed E-state index contributed by atoms with van der Waals surface area (Å²) in [5.41, 5.74) is 8.83. The van der Waals surface area contributed by atoms with Crippen LogP contribution in [0.15, 0.2) is 18.2 Å². The fourth-order valence-electron chi connectivity index (χ4n) is 1.69. The van der Waals surface area contributed by atoms with Gasteiger partial charge in [-0.1, -0.05) is 0 Å². The molecule has 0 fully saturated rings. The van der Waals surface area contributed by atoms with Crippen molar-refractivity contribution in [3.63, 3.8) is 0 Å². The number of nitrogens with zero attached hydrogens (tertiary/aromatic N) is 1. The first-order valence-electron chi connectivity index (χ1n) is 5.14. The third kappa shape index (κ3) is 1.84. The van der Waals surface area contributed by atoms with Crippen molar-refractivity contribution in [3.8, 4) is 11.3 Å². The summed E-state index contributed by atoms with van der Waals surface area (Å²) in [4.78, 5) is 7.46. The van der Waals surface area contributed by atoms with Gasteiger partial charge in [0.15, 0.2) is 0 Å². The maximum Gasteiger partial charge on any atom is 0.126 e. The summed E-state index contributed by atoms with van der Waals surface area (Å²) in [6.45, 7) is 4.05. The Morgan fingerprint density at radius 3 is 2.69 bits per heavy atom. The first-order chi connectivity index (χ1) is 7.61. The Bertz CT molecular complexity index is 517. The zero-order valence-corrected chi connectivity index (χ0v) is 9.34. The average Bonchev–Trinajstić information content (AvgIpc) is 2.64. The molecule has 3 nitrogen and oxygen atoms in total. The molecule has 0 bridgehead atoms. The molecule has 0 atom stereocenters. The number of imidazole rings is 1. The number of halogens is 1. The van der Waals surface area contributed by atoms with E-state index in [9.17, 15) is 4.39 Å². The maximum absolute atomic E-state index is 13.1. The largest absolute Gasteiger partial charge is 0.344 e. The van der Waals surface area contributed by atoms with Gasteiger partial charge in [-0.3, -0.25) is 0 Å². The predicted octanol–water partition coefficient (Wildman–Crippen LogP) is 2.29. The summed E-state index contributed by atoms with van der Waals surface area (Å²) in [6.07, 6.45) is 0. The molecule has 1 aromatic carbocycles. The second-order valence-corrected chi connectivity index (χ2v) is 3.83. The van der Waals surface area contributed by atoms with Gasteiger partial charge in [0.1, 0.15) is 11.6 Å². The van der Waals surface area contributed by atoms with Crippen molar-refractivity contribution in [3.05, 3.63) is 41.1 Å². The van der Waals surface area contributed by atoms with Crippen molar-refractivity contribution < 1.29 is 4.39 Å². The van der Waals surface area contributed by atoms with E-state index in [1.807, 2.05) is 6.92 Å². The van der Waals surface area contributed by atoms with Gasteiger partial charge >= 0.3 is 0 Å². The molecule has 16 heavy (non-hydrogen) atoms. The van der Waals surface area contributed by atoms with Gasteiger partial charge in [0.25, 0.3) is 0 Å². The second-order valence-electron chi connectivity index (χ2n) is 3.83. The highest BCUT2D eigenvalue weighted by Gasteiger charge is 2.09. The molecule has 0 aliphatic carbocycles. The van der Waals surface area contributed by atoms with Crippen molar-refractivity contribution in [2.75, 3.05) is 0 Å². The Hall–Kier alpha value is -1.68. The molecule has 1 aromatic heterocycles. The van der Waals surface area contributed by atoms with Crippen LogP contribution in [0.5, 0.6) is 0 Å². The molecule has 0 saturated heterocycles. The van der Waals surface area contributed by atoms with Crippen LogP contribution in [0.1, 0.15) is 17.1 Å². The van der Waals surface area contributed by atoms with Gasteiger partial charge in [0.2, 0.25) is 0 Å².